The summed E-state index contributed by atoms with van der Waals surface area (Å²) in [5.41, 5.74) is -1.01. The molecular formula is C43H60ClN5O11S2. The Morgan fingerprint density at radius 1 is 0.903 bits per heavy atom. The molecule has 0 radical (unpaired) electrons. The van der Waals surface area contributed by atoms with Crippen molar-refractivity contribution in [1.29, 1.82) is 0 Å². The molecule has 3 rings (SSSR count). The number of halogens is 1. The predicted octanol–water partition coefficient (Wildman–Crippen LogP) is 9.33. The maximum atomic E-state index is 13.8. The van der Waals surface area contributed by atoms with E-state index in [4.69, 9.17) is 25.5 Å². The van der Waals surface area contributed by atoms with Crippen molar-refractivity contribution in [3.63, 3.8) is 0 Å². The number of benzene rings is 2. The molecule has 19 heteroatoms. The van der Waals surface area contributed by atoms with E-state index in [0.717, 1.165) is 37.4 Å². The number of sulfone groups is 1. The van der Waals surface area contributed by atoms with E-state index in [1.807, 2.05) is 6.92 Å². The number of thioether (sulfide) groups is 1. The van der Waals surface area contributed by atoms with Crippen LogP contribution in [0.1, 0.15) is 124 Å². The number of nitro benzene ring substituents is 1. The fourth-order valence-corrected chi connectivity index (χ4v) is 8.67. The van der Waals surface area contributed by atoms with Gasteiger partial charge in [-0.2, -0.15) is 0 Å². The number of anilines is 2. The molecule has 2 aromatic carbocycles. The molecule has 2 amide bonds. The van der Waals surface area contributed by atoms with E-state index in [1.54, 1.807) is 20.8 Å². The third kappa shape index (κ3) is 18.0. The predicted molar refractivity (Wildman–Crippen MR) is 239 cm³/mol. The maximum Gasteiger partial charge on any atom is 0.315 e. The normalized spacial score (nSPS) is 12.6. The smallest absolute Gasteiger partial charge is 0.315 e. The molecule has 2 unspecified atom stereocenters. The SMILES string of the molecule is CCCCCCCCCCCCS(=O)(=O)CC(C)C(=O)Nc1ccc(Cl)c(NC(=O)C(Oc2ccc(CSc3nnc(CC(=O)OCCC)o3)cc2[N+](=O)[O-])C(=O)C(C)(C)C)c1. The summed E-state index contributed by atoms with van der Waals surface area (Å²) >= 11 is 7.49. The van der Waals surface area contributed by atoms with Crippen LogP contribution >= 0.6 is 23.4 Å². The fourth-order valence-electron chi connectivity index (χ4n) is 6.06. The van der Waals surface area contributed by atoms with Crippen LogP contribution in [0.15, 0.2) is 46.0 Å². The lowest BCUT2D eigenvalue weighted by Gasteiger charge is -2.25. The number of amides is 2. The van der Waals surface area contributed by atoms with E-state index >= 15 is 0 Å². The molecule has 0 saturated carbocycles. The number of carbonyl (C=O) groups is 4. The lowest BCUT2D eigenvalue weighted by molar-refractivity contribution is -0.386. The average Bonchev–Trinajstić information content (AvgIpc) is 3.66. The van der Waals surface area contributed by atoms with E-state index < -0.39 is 61.5 Å². The maximum absolute atomic E-state index is 13.8. The minimum atomic E-state index is -3.49. The van der Waals surface area contributed by atoms with Crippen LogP contribution in [-0.4, -0.2) is 71.3 Å². The van der Waals surface area contributed by atoms with Gasteiger partial charge in [-0.3, -0.25) is 29.3 Å². The number of nitro groups is 1. The highest BCUT2D eigenvalue weighted by Crippen LogP contribution is 2.34. The van der Waals surface area contributed by atoms with Crippen LogP contribution in [0.3, 0.4) is 0 Å². The van der Waals surface area contributed by atoms with Crippen molar-refractivity contribution in [3.8, 4) is 5.75 Å². The number of ketones is 1. The highest BCUT2D eigenvalue weighted by molar-refractivity contribution is 7.98. The summed E-state index contributed by atoms with van der Waals surface area (Å²) in [4.78, 5) is 63.9. The Balaban J connectivity index is 1.65. The monoisotopic (exact) mass is 921 g/mol. The number of unbranched alkanes of at least 4 members (excludes halogenated alkanes) is 9. The van der Waals surface area contributed by atoms with Crippen LogP contribution < -0.4 is 15.4 Å². The Morgan fingerprint density at radius 3 is 2.19 bits per heavy atom. The van der Waals surface area contributed by atoms with E-state index in [2.05, 4.69) is 27.8 Å². The fraction of sp³-hybridized carbons (Fsp3) is 0.581. The number of esters is 1. The zero-order valence-electron chi connectivity index (χ0n) is 36.5. The Kier molecular flexibility index (Phi) is 21.3. The first-order valence-electron chi connectivity index (χ1n) is 21.0. The zero-order chi connectivity index (χ0) is 45.9. The second-order valence-electron chi connectivity index (χ2n) is 16.2. The van der Waals surface area contributed by atoms with Crippen LogP contribution in [0.2, 0.25) is 5.02 Å². The third-order valence-corrected chi connectivity index (χ3v) is 12.6. The van der Waals surface area contributed by atoms with Crippen LogP contribution in [0.4, 0.5) is 17.1 Å². The molecule has 0 aliphatic heterocycles. The summed E-state index contributed by atoms with van der Waals surface area (Å²) in [7, 11) is -3.49. The summed E-state index contributed by atoms with van der Waals surface area (Å²) in [6.07, 6.45) is 9.35. The number of ether oxygens (including phenoxy) is 2. The molecule has 1 aromatic heterocycles. The first-order chi connectivity index (χ1) is 29.3. The van der Waals surface area contributed by atoms with Crippen molar-refractivity contribution in [2.45, 2.75) is 136 Å². The molecule has 0 aliphatic carbocycles. The summed E-state index contributed by atoms with van der Waals surface area (Å²) in [5.74, 6) is -4.09. The molecule has 342 valence electrons. The highest BCUT2D eigenvalue weighted by atomic mass is 35.5. The van der Waals surface area contributed by atoms with Crippen molar-refractivity contribution < 1.29 is 46.4 Å². The number of carbonyl (C=O) groups excluding carboxylic acids is 4. The van der Waals surface area contributed by atoms with Gasteiger partial charge < -0.3 is 24.5 Å². The summed E-state index contributed by atoms with van der Waals surface area (Å²) in [5, 5.41) is 25.3. The van der Waals surface area contributed by atoms with Crippen molar-refractivity contribution >= 4 is 73.8 Å². The lowest BCUT2D eigenvalue weighted by atomic mass is 9.87. The Hall–Kier alpha value is -4.55. The molecule has 16 nitrogen and oxygen atoms in total. The van der Waals surface area contributed by atoms with Crippen molar-refractivity contribution in [2.75, 3.05) is 28.7 Å². The summed E-state index contributed by atoms with van der Waals surface area (Å²) in [6, 6.07) is 8.24. The number of nitrogens with zero attached hydrogens (tertiary/aromatic N) is 3. The number of hydrogen-bond donors (Lipinski definition) is 2. The minimum Gasteiger partial charge on any atom is -0.465 e. The third-order valence-electron chi connectivity index (χ3n) is 9.51. The van der Waals surface area contributed by atoms with Gasteiger partial charge >= 0.3 is 11.7 Å². The van der Waals surface area contributed by atoms with Crippen molar-refractivity contribution in [3.05, 3.63) is 63.0 Å². The molecule has 2 N–H and O–H groups in total. The molecule has 0 fully saturated rings. The second kappa shape index (κ2) is 25.5. The largest absolute Gasteiger partial charge is 0.465 e. The van der Waals surface area contributed by atoms with Crippen LogP contribution in [0, 0.1) is 21.4 Å². The zero-order valence-corrected chi connectivity index (χ0v) is 38.8. The Morgan fingerprint density at radius 2 is 1.56 bits per heavy atom. The number of hydrogen-bond acceptors (Lipinski definition) is 14. The van der Waals surface area contributed by atoms with Gasteiger partial charge in [0.05, 0.1) is 33.7 Å². The number of aromatic nitrogens is 2. The van der Waals surface area contributed by atoms with Gasteiger partial charge in [0.2, 0.25) is 17.9 Å². The van der Waals surface area contributed by atoms with Gasteiger partial charge in [-0.1, -0.05) is 129 Å². The molecule has 0 aliphatic rings. The standard InChI is InChI=1S/C43H60ClN5O11S2/c1-7-9-10-11-12-13-14-15-16-17-23-62(56,57)28-29(3)40(52)45-31-19-20-32(44)33(25-31)46-41(53)38(39(51)43(4,5)6)59-35-21-18-30(24-34(35)49(54)55)27-61-42-48-47-36(60-42)26-37(50)58-22-8-2/h18-21,24-25,29,38H,7-17,22-23,26-28H2,1-6H3,(H,45,52)(H,46,53). The number of nitrogens with one attached hydrogen (secondary N) is 2. The molecule has 0 saturated heterocycles. The first-order valence-corrected chi connectivity index (χ1v) is 24.2. The Bertz CT molecular complexity index is 2090. The highest BCUT2D eigenvalue weighted by Gasteiger charge is 2.38. The molecular weight excluding hydrogens is 862 g/mol. The van der Waals surface area contributed by atoms with Gasteiger partial charge in [0.25, 0.3) is 11.1 Å². The molecule has 0 bridgehead atoms. The lowest BCUT2D eigenvalue weighted by Crippen LogP contribution is -2.45. The molecule has 0 spiro atoms. The van der Waals surface area contributed by atoms with Crippen LogP contribution in [-0.2, 0) is 45.9 Å². The van der Waals surface area contributed by atoms with E-state index in [1.165, 1.54) is 75.4 Å². The van der Waals surface area contributed by atoms with Gasteiger partial charge in [-0.05, 0) is 42.7 Å². The molecule has 3 aromatic rings. The minimum absolute atomic E-state index is 0.00418. The van der Waals surface area contributed by atoms with Crippen LogP contribution in [0.5, 0.6) is 5.75 Å². The van der Waals surface area contributed by atoms with E-state index in [-0.39, 0.29) is 63.5 Å². The van der Waals surface area contributed by atoms with Gasteiger partial charge in [-0.25, -0.2) is 8.42 Å². The van der Waals surface area contributed by atoms with Crippen molar-refractivity contribution in [2.24, 2.45) is 11.3 Å². The summed E-state index contributed by atoms with van der Waals surface area (Å²) < 4.78 is 42.0. The van der Waals surface area contributed by atoms with E-state index in [0.29, 0.717) is 18.4 Å². The quantitative estimate of drug-likeness (QED) is 0.0173. The van der Waals surface area contributed by atoms with E-state index in [9.17, 15) is 37.7 Å². The van der Waals surface area contributed by atoms with Crippen LogP contribution in [0.25, 0.3) is 0 Å². The first kappa shape index (κ1) is 51.8. The number of Topliss-reactive ketones (excluding diaryl/α,β-unsaturated/α-hetero) is 1. The van der Waals surface area contributed by atoms with Gasteiger partial charge in [0, 0.05) is 28.8 Å². The van der Waals surface area contributed by atoms with Gasteiger partial charge in [-0.15, -0.1) is 10.2 Å². The molecule has 1 heterocycles. The second-order valence-corrected chi connectivity index (χ2v) is 19.8. The topological polar surface area (TPSA) is 227 Å². The Labute approximate surface area is 373 Å². The summed E-state index contributed by atoms with van der Waals surface area (Å²) in [6.45, 7) is 10.5. The van der Waals surface area contributed by atoms with Gasteiger partial charge in [0.1, 0.15) is 6.42 Å². The average molecular weight is 923 g/mol. The molecule has 62 heavy (non-hydrogen) atoms. The molecule has 2 atom stereocenters. The van der Waals surface area contributed by atoms with Gasteiger partial charge in [0.15, 0.2) is 21.4 Å². The number of rotatable bonds is 28. The van der Waals surface area contributed by atoms with Crippen molar-refractivity contribution in [1.82, 2.24) is 10.2 Å².